The number of hydroxylamine groups is 1. The molecule has 3 aromatic carbocycles. The van der Waals surface area contributed by atoms with Crippen molar-refractivity contribution in [1.82, 2.24) is 0 Å². The van der Waals surface area contributed by atoms with Crippen LogP contribution in [0.3, 0.4) is 0 Å². The van der Waals surface area contributed by atoms with Gasteiger partial charge < -0.3 is 15.8 Å². The Balaban J connectivity index is 0.000000468. The van der Waals surface area contributed by atoms with Gasteiger partial charge in [-0.25, -0.2) is 4.79 Å². The number of carbonyl (C=O) groups is 2. The summed E-state index contributed by atoms with van der Waals surface area (Å²) in [5.74, 6) is -0.528. The molecule has 7 nitrogen and oxygen atoms in total. The monoisotopic (exact) mass is 511 g/mol. The van der Waals surface area contributed by atoms with Crippen LogP contribution in [-0.2, 0) is 20.6 Å². The summed E-state index contributed by atoms with van der Waals surface area (Å²) in [4.78, 5) is 30.2. The van der Waals surface area contributed by atoms with Crippen molar-refractivity contribution >= 4 is 28.9 Å². The van der Waals surface area contributed by atoms with Crippen molar-refractivity contribution in [2.75, 3.05) is 12.4 Å². The number of amides is 2. The second-order valence-corrected chi connectivity index (χ2v) is 7.74. The van der Waals surface area contributed by atoms with Crippen LogP contribution in [0.15, 0.2) is 91.5 Å². The molecule has 37 heavy (non-hydrogen) atoms. The maximum absolute atomic E-state index is 12.8. The molecule has 0 radical (unpaired) electrons. The molecule has 4 rings (SSSR count). The van der Waals surface area contributed by atoms with Crippen molar-refractivity contribution < 1.29 is 37.1 Å². The highest BCUT2D eigenvalue weighted by Crippen LogP contribution is 2.30. The zero-order valence-electron chi connectivity index (χ0n) is 19.8. The normalized spacial score (nSPS) is 14.6. The first-order chi connectivity index (χ1) is 17.6. The summed E-state index contributed by atoms with van der Waals surface area (Å²) in [7, 11) is 1.52. The van der Waals surface area contributed by atoms with E-state index in [4.69, 9.17) is 15.3 Å². The van der Waals surface area contributed by atoms with Gasteiger partial charge in [-0.3, -0.25) is 9.63 Å². The molecular weight excluding hydrogens is 487 g/mol. The Hall–Kier alpha value is -4.60. The molecule has 0 aromatic heterocycles. The lowest BCUT2D eigenvalue weighted by Crippen LogP contribution is -2.30. The fourth-order valence-corrected chi connectivity index (χ4v) is 3.32. The highest BCUT2D eigenvalue weighted by Gasteiger charge is 2.43. The molecule has 3 aromatic rings. The number of hydrogen-bond donors (Lipinski definition) is 1. The summed E-state index contributed by atoms with van der Waals surface area (Å²) in [6.45, 7) is 3.39. The molecule has 0 spiro atoms. The molecule has 1 heterocycles. The largest absolute Gasteiger partial charge is 0.699 e. The second-order valence-electron chi connectivity index (χ2n) is 7.74. The Morgan fingerprint density at radius 3 is 2.16 bits per heavy atom. The van der Waals surface area contributed by atoms with E-state index < -0.39 is 29.7 Å². The summed E-state index contributed by atoms with van der Waals surface area (Å²) in [6.07, 6.45) is -4.54. The van der Waals surface area contributed by atoms with Gasteiger partial charge in [-0.2, -0.15) is 13.2 Å². The predicted octanol–water partition coefficient (Wildman–Crippen LogP) is 5.94. The van der Waals surface area contributed by atoms with E-state index >= 15 is 0 Å². The van der Waals surface area contributed by atoms with E-state index in [2.05, 4.69) is 11.9 Å². The first-order valence-corrected chi connectivity index (χ1v) is 11.0. The van der Waals surface area contributed by atoms with E-state index in [1.165, 1.54) is 19.2 Å². The van der Waals surface area contributed by atoms with Crippen molar-refractivity contribution in [1.29, 1.82) is 0 Å². The molecule has 0 aliphatic carbocycles. The smallest absolute Gasteiger partial charge is 0.458 e. The molecule has 0 saturated carbocycles. The van der Waals surface area contributed by atoms with Gasteiger partial charge in [0.05, 0.1) is 29.9 Å². The number of rotatable bonds is 5. The molecule has 0 saturated heterocycles. The average molecular weight is 512 g/mol. The Morgan fingerprint density at radius 1 is 1.05 bits per heavy atom. The third-order valence-corrected chi connectivity index (χ3v) is 5.20. The lowest BCUT2D eigenvalue weighted by Gasteiger charge is -2.08. The number of anilines is 1. The zero-order valence-corrected chi connectivity index (χ0v) is 19.8. The molecule has 0 fully saturated rings. The van der Waals surface area contributed by atoms with E-state index in [-0.39, 0.29) is 12.1 Å². The van der Waals surface area contributed by atoms with Crippen molar-refractivity contribution in [3.8, 4) is 5.75 Å². The van der Waals surface area contributed by atoms with Crippen LogP contribution in [0.25, 0.3) is 5.73 Å². The Labute approximate surface area is 211 Å². The zero-order chi connectivity index (χ0) is 27.0. The Morgan fingerprint density at radius 2 is 1.68 bits per heavy atom. The molecular formula is C27H24F3N3O4. The molecule has 2 amide bonds. The summed E-state index contributed by atoms with van der Waals surface area (Å²) >= 11 is 0. The third kappa shape index (κ3) is 7.20. The van der Waals surface area contributed by atoms with Gasteiger partial charge in [0.25, 0.3) is 17.7 Å². The maximum Gasteiger partial charge on any atom is 0.458 e. The van der Waals surface area contributed by atoms with Crippen molar-refractivity contribution in [2.45, 2.75) is 18.7 Å². The number of ether oxygens (including phenoxy) is 1. The van der Waals surface area contributed by atoms with Crippen molar-refractivity contribution in [3.63, 3.8) is 0 Å². The molecule has 0 bridgehead atoms. The summed E-state index contributed by atoms with van der Waals surface area (Å²) in [5, 5.41) is 2.67. The standard InChI is InChI=1S/C21H17F3N2O4.C6H6N/c1-3-19(27)26-17(13-4-6-14(7-5-13)21(22,23)24)12-18(30-26)20(28)25-15-8-10-16(29-2)11-9-15;7-6-4-2-1-3-5-6/h3-11,18H,1,12H2,2H3;1-5,7H/q;-1/p+1/t18-;/m1./s1. The maximum atomic E-state index is 12.8. The highest BCUT2D eigenvalue weighted by molar-refractivity contribution is 6.05. The van der Waals surface area contributed by atoms with Gasteiger partial charge in [0.15, 0.2) is 0 Å². The minimum atomic E-state index is -4.48. The molecule has 2 N–H and O–H groups in total. The van der Waals surface area contributed by atoms with E-state index in [1.54, 1.807) is 36.4 Å². The van der Waals surface area contributed by atoms with Gasteiger partial charge in [0.1, 0.15) is 5.75 Å². The number of alkyl halides is 3. The van der Waals surface area contributed by atoms with Crippen LogP contribution in [0.2, 0.25) is 0 Å². The highest BCUT2D eigenvalue weighted by atomic mass is 19.4. The van der Waals surface area contributed by atoms with E-state index in [0.717, 1.165) is 22.9 Å². The Kier molecular flexibility index (Phi) is 8.68. The van der Waals surface area contributed by atoms with E-state index in [9.17, 15) is 22.8 Å². The van der Waals surface area contributed by atoms with Gasteiger partial charge in [-0.05, 0) is 48.5 Å². The van der Waals surface area contributed by atoms with Gasteiger partial charge in [-0.1, -0.05) is 36.9 Å². The van der Waals surface area contributed by atoms with Crippen LogP contribution in [0.5, 0.6) is 5.75 Å². The second kappa shape index (κ2) is 11.9. The van der Waals surface area contributed by atoms with Crippen molar-refractivity contribution in [3.05, 3.63) is 108 Å². The topological polar surface area (TPSA) is 91.4 Å². The fraction of sp³-hybridized carbons (Fsp3) is 0.148. The quantitative estimate of drug-likeness (QED) is 0.339. The SMILES string of the molecule is C=CC(=O)[N+]1=C(c2ccc(C(F)(F)F)cc2)C[C@H](C(=O)Nc2ccc(OC)cc2)O1.[NH-]c1ccccc1. The molecule has 1 aliphatic rings. The van der Waals surface area contributed by atoms with Crippen LogP contribution in [0, 0.1) is 0 Å². The van der Waals surface area contributed by atoms with Gasteiger partial charge >= 0.3 is 12.1 Å². The fourth-order valence-electron chi connectivity index (χ4n) is 3.32. The number of nitrogens with one attached hydrogen (secondary N) is 2. The van der Waals surface area contributed by atoms with E-state index in [1.807, 2.05) is 18.2 Å². The summed E-state index contributed by atoms with van der Waals surface area (Å²) in [5.41, 5.74) is 7.84. The number of carbonyl (C=O) groups excluding carboxylic acids is 2. The minimum Gasteiger partial charge on any atom is -0.699 e. The van der Waals surface area contributed by atoms with Gasteiger partial charge in [0, 0.05) is 11.3 Å². The van der Waals surface area contributed by atoms with Crippen LogP contribution in [0.4, 0.5) is 24.5 Å². The van der Waals surface area contributed by atoms with Gasteiger partial charge in [-0.15, -0.1) is 5.69 Å². The minimum absolute atomic E-state index is 0.00701. The Bertz CT molecular complexity index is 1270. The first-order valence-electron chi connectivity index (χ1n) is 11.0. The molecule has 1 atom stereocenters. The van der Waals surface area contributed by atoms with Crippen LogP contribution in [-0.4, -0.2) is 35.5 Å². The lowest BCUT2D eigenvalue weighted by atomic mass is 10.0. The predicted molar refractivity (Wildman–Crippen MR) is 133 cm³/mol. The summed E-state index contributed by atoms with van der Waals surface area (Å²) in [6, 6.07) is 20.0. The van der Waals surface area contributed by atoms with Crippen LogP contribution >= 0.6 is 0 Å². The number of benzene rings is 3. The van der Waals surface area contributed by atoms with E-state index in [0.29, 0.717) is 22.7 Å². The molecule has 192 valence electrons. The van der Waals surface area contributed by atoms with Crippen LogP contribution < -0.4 is 10.1 Å². The van der Waals surface area contributed by atoms with Crippen molar-refractivity contribution in [2.24, 2.45) is 0 Å². The third-order valence-electron chi connectivity index (χ3n) is 5.20. The average Bonchev–Trinajstić information content (AvgIpc) is 3.35. The molecule has 1 aliphatic heterocycles. The first kappa shape index (κ1) is 27.0. The summed E-state index contributed by atoms with van der Waals surface area (Å²) < 4.78 is 44.4. The number of halogens is 3. The number of hydrogen-bond acceptors (Lipinski definition) is 4. The lowest BCUT2D eigenvalue weighted by molar-refractivity contribution is -0.713. The van der Waals surface area contributed by atoms with Gasteiger partial charge in [0.2, 0.25) is 0 Å². The van der Waals surface area contributed by atoms with Crippen LogP contribution in [0.1, 0.15) is 17.5 Å². The number of methoxy groups -OCH3 is 1. The number of nitrogens with zero attached hydrogens (tertiary/aromatic N) is 1. The molecule has 0 unspecified atom stereocenters. The molecule has 10 heteroatoms.